The van der Waals surface area contributed by atoms with Crippen LogP contribution < -0.4 is 15.4 Å². The molecule has 0 saturated heterocycles. The van der Waals surface area contributed by atoms with Crippen molar-refractivity contribution in [3.8, 4) is 11.5 Å². The van der Waals surface area contributed by atoms with Gasteiger partial charge in [0.1, 0.15) is 17.2 Å². The van der Waals surface area contributed by atoms with Gasteiger partial charge in [-0.2, -0.15) is 0 Å². The predicted octanol–water partition coefficient (Wildman–Crippen LogP) is 4.20. The Balaban J connectivity index is 1.86. The van der Waals surface area contributed by atoms with Gasteiger partial charge < -0.3 is 20.5 Å². The molecule has 3 aromatic carbocycles. The molecule has 0 saturated carbocycles. The molecule has 0 atom stereocenters. The van der Waals surface area contributed by atoms with Crippen molar-refractivity contribution in [3.63, 3.8) is 0 Å². The standard InChI is InChI=1S/C24H22N2O4/c1-2-30-21-13-11-17(12-14-21)15-22(26-23(28)18-7-4-3-5-8-18)24(29)25-19-9-6-10-20(27)16-19/h3-16,27H,2H2,1H3,(H,25,29)(H,26,28)/b22-15+. The van der Waals surface area contributed by atoms with Crippen molar-refractivity contribution in [2.45, 2.75) is 6.92 Å². The molecular weight excluding hydrogens is 380 g/mol. The Morgan fingerprint density at radius 1 is 0.967 bits per heavy atom. The number of rotatable bonds is 7. The smallest absolute Gasteiger partial charge is 0.272 e. The molecule has 0 aliphatic heterocycles. The van der Waals surface area contributed by atoms with Gasteiger partial charge in [-0.25, -0.2) is 0 Å². The number of nitrogens with one attached hydrogen (secondary N) is 2. The monoisotopic (exact) mass is 402 g/mol. The van der Waals surface area contributed by atoms with E-state index in [2.05, 4.69) is 10.6 Å². The Bertz CT molecular complexity index is 1040. The van der Waals surface area contributed by atoms with E-state index in [1.54, 1.807) is 66.7 Å². The minimum Gasteiger partial charge on any atom is -0.508 e. The molecule has 3 N–H and O–H groups in total. The maximum atomic E-state index is 12.9. The Labute approximate surface area is 174 Å². The van der Waals surface area contributed by atoms with Crippen molar-refractivity contribution >= 4 is 23.6 Å². The number of hydrogen-bond donors (Lipinski definition) is 3. The minimum atomic E-state index is -0.515. The number of hydrogen-bond acceptors (Lipinski definition) is 4. The van der Waals surface area contributed by atoms with Gasteiger partial charge in [0, 0.05) is 17.3 Å². The van der Waals surface area contributed by atoms with Crippen LogP contribution in [-0.4, -0.2) is 23.5 Å². The molecule has 6 heteroatoms. The quantitative estimate of drug-likeness (QED) is 0.517. The summed E-state index contributed by atoms with van der Waals surface area (Å²) >= 11 is 0. The van der Waals surface area contributed by atoms with E-state index >= 15 is 0 Å². The topological polar surface area (TPSA) is 87.7 Å². The lowest BCUT2D eigenvalue weighted by Gasteiger charge is -2.12. The van der Waals surface area contributed by atoms with E-state index in [0.29, 0.717) is 29.2 Å². The lowest BCUT2D eigenvalue weighted by atomic mass is 10.1. The van der Waals surface area contributed by atoms with Crippen molar-refractivity contribution in [1.82, 2.24) is 5.32 Å². The summed E-state index contributed by atoms with van der Waals surface area (Å²) in [5, 5.41) is 15.0. The summed E-state index contributed by atoms with van der Waals surface area (Å²) in [4.78, 5) is 25.5. The molecule has 6 nitrogen and oxygen atoms in total. The van der Waals surface area contributed by atoms with E-state index in [1.807, 2.05) is 13.0 Å². The summed E-state index contributed by atoms with van der Waals surface area (Å²) < 4.78 is 5.43. The van der Waals surface area contributed by atoms with Gasteiger partial charge in [-0.15, -0.1) is 0 Å². The molecule has 3 rings (SSSR count). The number of aromatic hydroxyl groups is 1. The van der Waals surface area contributed by atoms with Gasteiger partial charge >= 0.3 is 0 Å². The van der Waals surface area contributed by atoms with E-state index in [-0.39, 0.29) is 11.4 Å². The van der Waals surface area contributed by atoms with Crippen molar-refractivity contribution in [2.75, 3.05) is 11.9 Å². The highest BCUT2D eigenvalue weighted by molar-refractivity contribution is 6.10. The molecule has 0 heterocycles. The summed E-state index contributed by atoms with van der Waals surface area (Å²) in [5.41, 5.74) is 1.62. The third-order valence-electron chi connectivity index (χ3n) is 4.13. The Morgan fingerprint density at radius 3 is 2.37 bits per heavy atom. The molecular formula is C24H22N2O4. The number of phenols is 1. The second kappa shape index (κ2) is 9.93. The van der Waals surface area contributed by atoms with Crippen molar-refractivity contribution in [2.24, 2.45) is 0 Å². The zero-order valence-electron chi connectivity index (χ0n) is 16.5. The van der Waals surface area contributed by atoms with Crippen molar-refractivity contribution < 1.29 is 19.4 Å². The summed E-state index contributed by atoms with van der Waals surface area (Å²) in [6.07, 6.45) is 1.58. The number of phenolic OH excluding ortho intramolecular Hbond substituents is 1. The minimum absolute atomic E-state index is 0.0261. The van der Waals surface area contributed by atoms with E-state index < -0.39 is 11.8 Å². The molecule has 2 amide bonds. The summed E-state index contributed by atoms with van der Waals surface area (Å²) in [7, 11) is 0. The normalized spacial score (nSPS) is 10.9. The van der Waals surface area contributed by atoms with Gasteiger partial charge in [0.05, 0.1) is 6.61 Å². The number of amides is 2. The van der Waals surface area contributed by atoms with Crippen molar-refractivity contribution in [1.29, 1.82) is 0 Å². The fourth-order valence-corrected chi connectivity index (χ4v) is 2.72. The van der Waals surface area contributed by atoms with Gasteiger partial charge in [0.25, 0.3) is 11.8 Å². The maximum absolute atomic E-state index is 12.9. The molecule has 0 radical (unpaired) electrons. The molecule has 0 bridgehead atoms. The SMILES string of the molecule is CCOc1ccc(/C=C(/NC(=O)c2ccccc2)C(=O)Nc2cccc(O)c2)cc1. The predicted molar refractivity (Wildman–Crippen MR) is 116 cm³/mol. The van der Waals surface area contributed by atoms with Crippen LogP contribution in [0.25, 0.3) is 6.08 Å². The van der Waals surface area contributed by atoms with E-state index in [0.717, 1.165) is 0 Å². The molecule has 0 spiro atoms. The van der Waals surface area contributed by atoms with Crippen LogP contribution in [0.1, 0.15) is 22.8 Å². The zero-order valence-corrected chi connectivity index (χ0v) is 16.5. The lowest BCUT2D eigenvalue weighted by Crippen LogP contribution is -2.30. The van der Waals surface area contributed by atoms with Crippen LogP contribution in [-0.2, 0) is 4.79 Å². The first-order valence-electron chi connectivity index (χ1n) is 9.46. The average molecular weight is 402 g/mol. The molecule has 0 aliphatic rings. The summed E-state index contributed by atoms with van der Waals surface area (Å²) in [6, 6.07) is 22.0. The number of ether oxygens (including phenoxy) is 1. The second-order valence-electron chi connectivity index (χ2n) is 6.38. The zero-order chi connectivity index (χ0) is 21.3. The van der Waals surface area contributed by atoms with Crippen LogP contribution in [0.3, 0.4) is 0 Å². The van der Waals surface area contributed by atoms with Crippen LogP contribution in [0.4, 0.5) is 5.69 Å². The van der Waals surface area contributed by atoms with Gasteiger partial charge in [-0.05, 0) is 55.0 Å². The Hall–Kier alpha value is -4.06. The first-order valence-corrected chi connectivity index (χ1v) is 9.46. The van der Waals surface area contributed by atoms with Crippen molar-refractivity contribution in [3.05, 3.63) is 95.7 Å². The number of carbonyl (C=O) groups excluding carboxylic acids is 2. The number of carbonyl (C=O) groups is 2. The lowest BCUT2D eigenvalue weighted by molar-refractivity contribution is -0.113. The molecule has 3 aromatic rings. The number of anilines is 1. The second-order valence-corrected chi connectivity index (χ2v) is 6.38. The first kappa shape index (κ1) is 20.7. The largest absolute Gasteiger partial charge is 0.508 e. The molecule has 0 unspecified atom stereocenters. The fourth-order valence-electron chi connectivity index (χ4n) is 2.72. The summed E-state index contributed by atoms with van der Waals surface area (Å²) in [6.45, 7) is 2.46. The summed E-state index contributed by atoms with van der Waals surface area (Å²) in [5.74, 6) is -0.176. The molecule has 152 valence electrons. The molecule has 0 aliphatic carbocycles. The van der Waals surface area contributed by atoms with E-state index in [1.165, 1.54) is 12.1 Å². The molecule has 30 heavy (non-hydrogen) atoms. The van der Waals surface area contributed by atoms with Crippen LogP contribution in [0.15, 0.2) is 84.6 Å². The van der Waals surface area contributed by atoms with E-state index in [9.17, 15) is 14.7 Å². The van der Waals surface area contributed by atoms with E-state index in [4.69, 9.17) is 4.74 Å². The fraction of sp³-hybridized carbons (Fsp3) is 0.0833. The van der Waals surface area contributed by atoms with Gasteiger partial charge in [0.2, 0.25) is 0 Å². The molecule has 0 fully saturated rings. The Kier molecular flexibility index (Phi) is 6.84. The van der Waals surface area contributed by atoms with Crippen LogP contribution in [0.5, 0.6) is 11.5 Å². The van der Waals surface area contributed by atoms with Gasteiger partial charge in [-0.1, -0.05) is 36.4 Å². The maximum Gasteiger partial charge on any atom is 0.272 e. The Morgan fingerprint density at radius 2 is 1.70 bits per heavy atom. The number of benzene rings is 3. The molecule has 0 aromatic heterocycles. The van der Waals surface area contributed by atoms with Gasteiger partial charge in [0.15, 0.2) is 0 Å². The highest BCUT2D eigenvalue weighted by Crippen LogP contribution is 2.18. The van der Waals surface area contributed by atoms with Crippen LogP contribution in [0, 0.1) is 0 Å². The van der Waals surface area contributed by atoms with Crippen LogP contribution >= 0.6 is 0 Å². The highest BCUT2D eigenvalue weighted by Gasteiger charge is 2.15. The average Bonchev–Trinajstić information content (AvgIpc) is 2.75. The van der Waals surface area contributed by atoms with Gasteiger partial charge in [-0.3, -0.25) is 9.59 Å². The third kappa shape index (κ3) is 5.72. The third-order valence-corrected chi connectivity index (χ3v) is 4.13. The first-order chi connectivity index (χ1) is 14.5. The highest BCUT2D eigenvalue weighted by atomic mass is 16.5. The van der Waals surface area contributed by atoms with Crippen LogP contribution in [0.2, 0.25) is 0 Å².